The van der Waals surface area contributed by atoms with Gasteiger partial charge in [-0.2, -0.15) is 0 Å². The molecule has 1 aliphatic heterocycles. The normalized spacial score (nSPS) is 17.5. The average Bonchev–Trinajstić information content (AvgIpc) is 3.18. The van der Waals surface area contributed by atoms with E-state index in [4.69, 9.17) is 4.74 Å². The summed E-state index contributed by atoms with van der Waals surface area (Å²) in [5, 5.41) is 4.08. The van der Waals surface area contributed by atoms with Crippen molar-refractivity contribution in [2.24, 2.45) is 5.92 Å². The summed E-state index contributed by atoms with van der Waals surface area (Å²) in [5.74, 6) is 0.612. The van der Waals surface area contributed by atoms with Crippen LogP contribution in [-0.4, -0.2) is 47.9 Å². The molecule has 3 rings (SSSR count). The number of methoxy groups -OCH3 is 1. The highest BCUT2D eigenvalue weighted by Gasteiger charge is 2.35. The SMILES string of the molecule is COc1ccc2[nH]cc(CCNC(=O)[C@@H]3CC(=O)N(C(C)C)C3)c2c1. The molecule has 25 heavy (non-hydrogen) atoms. The zero-order valence-corrected chi connectivity index (χ0v) is 15.0. The van der Waals surface area contributed by atoms with Gasteiger partial charge in [-0.05, 0) is 44.0 Å². The van der Waals surface area contributed by atoms with Gasteiger partial charge in [-0.15, -0.1) is 0 Å². The highest BCUT2D eigenvalue weighted by Crippen LogP contribution is 2.24. The van der Waals surface area contributed by atoms with Gasteiger partial charge in [-0.1, -0.05) is 0 Å². The Morgan fingerprint density at radius 2 is 2.24 bits per heavy atom. The summed E-state index contributed by atoms with van der Waals surface area (Å²) in [5.41, 5.74) is 2.19. The third kappa shape index (κ3) is 3.62. The number of aromatic nitrogens is 1. The van der Waals surface area contributed by atoms with Crippen molar-refractivity contribution < 1.29 is 14.3 Å². The number of carbonyl (C=O) groups is 2. The van der Waals surface area contributed by atoms with Gasteiger partial charge in [0, 0.05) is 42.7 Å². The van der Waals surface area contributed by atoms with Crippen LogP contribution in [0.5, 0.6) is 5.75 Å². The molecule has 0 spiro atoms. The molecule has 134 valence electrons. The third-order valence-corrected chi connectivity index (χ3v) is 4.82. The molecular weight excluding hydrogens is 318 g/mol. The predicted octanol–water partition coefficient (Wildman–Crippen LogP) is 2.09. The van der Waals surface area contributed by atoms with E-state index < -0.39 is 0 Å². The zero-order chi connectivity index (χ0) is 18.0. The lowest BCUT2D eigenvalue weighted by Crippen LogP contribution is -2.36. The minimum Gasteiger partial charge on any atom is -0.497 e. The third-order valence-electron chi connectivity index (χ3n) is 4.82. The highest BCUT2D eigenvalue weighted by molar-refractivity contribution is 5.89. The Balaban J connectivity index is 1.56. The van der Waals surface area contributed by atoms with Gasteiger partial charge in [0.25, 0.3) is 0 Å². The lowest BCUT2D eigenvalue weighted by Gasteiger charge is -2.20. The fraction of sp³-hybridized carbons (Fsp3) is 0.474. The van der Waals surface area contributed by atoms with Crippen LogP contribution in [0.15, 0.2) is 24.4 Å². The molecule has 0 unspecified atom stereocenters. The second-order valence-corrected chi connectivity index (χ2v) is 6.81. The number of nitrogens with one attached hydrogen (secondary N) is 2. The summed E-state index contributed by atoms with van der Waals surface area (Å²) in [6.07, 6.45) is 3.01. The molecule has 2 N–H and O–H groups in total. The van der Waals surface area contributed by atoms with Crippen LogP contribution in [0.1, 0.15) is 25.8 Å². The molecule has 1 aromatic heterocycles. The molecule has 2 aromatic rings. The van der Waals surface area contributed by atoms with Crippen molar-refractivity contribution in [1.29, 1.82) is 0 Å². The smallest absolute Gasteiger partial charge is 0.225 e. The maximum Gasteiger partial charge on any atom is 0.225 e. The first-order chi connectivity index (χ1) is 12.0. The molecule has 6 nitrogen and oxygen atoms in total. The number of fused-ring (bicyclic) bond motifs is 1. The molecule has 0 saturated carbocycles. The van der Waals surface area contributed by atoms with Crippen LogP contribution >= 0.6 is 0 Å². The summed E-state index contributed by atoms with van der Waals surface area (Å²) in [7, 11) is 1.65. The number of nitrogens with zero attached hydrogens (tertiary/aromatic N) is 1. The van der Waals surface area contributed by atoms with Gasteiger partial charge in [0.15, 0.2) is 0 Å². The van der Waals surface area contributed by atoms with Crippen molar-refractivity contribution in [2.45, 2.75) is 32.7 Å². The summed E-state index contributed by atoms with van der Waals surface area (Å²) in [6, 6.07) is 6.05. The molecule has 6 heteroatoms. The number of hydrogen-bond acceptors (Lipinski definition) is 3. The summed E-state index contributed by atoms with van der Waals surface area (Å²) >= 11 is 0. The summed E-state index contributed by atoms with van der Waals surface area (Å²) in [4.78, 5) is 29.3. The Kier molecular flexibility index (Phi) is 4.97. The molecule has 1 atom stereocenters. The van der Waals surface area contributed by atoms with Crippen molar-refractivity contribution in [3.8, 4) is 5.75 Å². The second-order valence-electron chi connectivity index (χ2n) is 6.81. The molecule has 1 aromatic carbocycles. The Bertz CT molecular complexity index is 781. The number of hydrogen-bond donors (Lipinski definition) is 2. The standard InChI is InChI=1S/C19H25N3O3/c1-12(2)22-11-14(8-18(22)23)19(24)20-7-6-13-10-21-17-5-4-15(25-3)9-16(13)17/h4-5,9-10,12,14,21H,6-8,11H2,1-3H3,(H,20,24)/t14-/m1/s1. The van der Waals surface area contributed by atoms with Gasteiger partial charge < -0.3 is 19.9 Å². The van der Waals surface area contributed by atoms with Gasteiger partial charge in [0.1, 0.15) is 5.75 Å². The van der Waals surface area contributed by atoms with E-state index in [1.165, 1.54) is 0 Å². The number of carbonyl (C=O) groups excluding carboxylic acids is 2. The number of aromatic amines is 1. The fourth-order valence-corrected chi connectivity index (χ4v) is 3.36. The van der Waals surface area contributed by atoms with Gasteiger partial charge in [-0.3, -0.25) is 9.59 Å². The van der Waals surface area contributed by atoms with Crippen LogP contribution in [0.3, 0.4) is 0 Å². The summed E-state index contributed by atoms with van der Waals surface area (Å²) < 4.78 is 5.28. The number of rotatable bonds is 6. The molecule has 1 aliphatic rings. The monoisotopic (exact) mass is 343 g/mol. The second kappa shape index (κ2) is 7.17. The number of amides is 2. The van der Waals surface area contributed by atoms with Gasteiger partial charge in [0.2, 0.25) is 11.8 Å². The number of benzene rings is 1. The van der Waals surface area contributed by atoms with Gasteiger partial charge >= 0.3 is 0 Å². The molecule has 1 fully saturated rings. The van der Waals surface area contributed by atoms with E-state index in [1.807, 2.05) is 38.2 Å². The van der Waals surface area contributed by atoms with E-state index in [1.54, 1.807) is 12.0 Å². The van der Waals surface area contributed by atoms with Crippen LogP contribution in [0.2, 0.25) is 0 Å². The van der Waals surface area contributed by atoms with Crippen molar-refractivity contribution in [3.05, 3.63) is 30.0 Å². The largest absolute Gasteiger partial charge is 0.497 e. The molecule has 2 amide bonds. The van der Waals surface area contributed by atoms with Crippen LogP contribution in [0, 0.1) is 5.92 Å². The predicted molar refractivity (Wildman–Crippen MR) is 96.5 cm³/mol. The van der Waals surface area contributed by atoms with Gasteiger partial charge in [-0.25, -0.2) is 0 Å². The molecule has 2 heterocycles. The summed E-state index contributed by atoms with van der Waals surface area (Å²) in [6.45, 7) is 5.02. The van der Waals surface area contributed by atoms with Crippen LogP contribution in [-0.2, 0) is 16.0 Å². The van der Waals surface area contributed by atoms with E-state index >= 15 is 0 Å². The first-order valence-electron chi connectivity index (χ1n) is 8.70. The first kappa shape index (κ1) is 17.3. The Morgan fingerprint density at radius 3 is 2.92 bits per heavy atom. The maximum atomic E-state index is 12.3. The first-order valence-corrected chi connectivity index (χ1v) is 8.70. The highest BCUT2D eigenvalue weighted by atomic mass is 16.5. The molecule has 1 saturated heterocycles. The lowest BCUT2D eigenvalue weighted by molar-refractivity contribution is -0.129. The molecule has 0 aliphatic carbocycles. The van der Waals surface area contributed by atoms with E-state index in [0.29, 0.717) is 19.5 Å². The molecular formula is C19H25N3O3. The van der Waals surface area contributed by atoms with Crippen molar-refractivity contribution in [2.75, 3.05) is 20.2 Å². The van der Waals surface area contributed by atoms with Crippen LogP contribution < -0.4 is 10.1 Å². The Morgan fingerprint density at radius 1 is 1.44 bits per heavy atom. The van der Waals surface area contributed by atoms with E-state index in [9.17, 15) is 9.59 Å². The van der Waals surface area contributed by atoms with E-state index in [-0.39, 0.29) is 23.8 Å². The number of likely N-dealkylation sites (tertiary alicyclic amines) is 1. The van der Waals surface area contributed by atoms with Crippen LogP contribution in [0.4, 0.5) is 0 Å². The van der Waals surface area contributed by atoms with Crippen LogP contribution in [0.25, 0.3) is 10.9 Å². The van der Waals surface area contributed by atoms with Gasteiger partial charge in [0.05, 0.1) is 13.0 Å². The number of ether oxygens (including phenoxy) is 1. The fourth-order valence-electron chi connectivity index (χ4n) is 3.36. The van der Waals surface area contributed by atoms with Crippen molar-refractivity contribution in [1.82, 2.24) is 15.2 Å². The Hall–Kier alpha value is -2.50. The maximum absolute atomic E-state index is 12.3. The minimum atomic E-state index is -0.238. The van der Waals surface area contributed by atoms with E-state index in [2.05, 4.69) is 10.3 Å². The quantitative estimate of drug-likeness (QED) is 0.843. The Labute approximate surface area is 147 Å². The number of H-pyrrole nitrogens is 1. The van der Waals surface area contributed by atoms with E-state index in [0.717, 1.165) is 28.6 Å². The lowest BCUT2D eigenvalue weighted by atomic mass is 10.1. The molecule has 0 bridgehead atoms. The average molecular weight is 343 g/mol. The minimum absolute atomic E-state index is 0.0334. The zero-order valence-electron chi connectivity index (χ0n) is 15.0. The molecule has 0 radical (unpaired) electrons. The van der Waals surface area contributed by atoms with Crippen molar-refractivity contribution >= 4 is 22.7 Å². The van der Waals surface area contributed by atoms with Crippen molar-refractivity contribution in [3.63, 3.8) is 0 Å². The topological polar surface area (TPSA) is 74.4 Å².